The molecule has 1 aliphatic carbocycles. The van der Waals surface area contributed by atoms with Crippen LogP contribution in [0.3, 0.4) is 0 Å². The normalized spacial score (nSPS) is 15.1. The van der Waals surface area contributed by atoms with E-state index in [0.717, 1.165) is 12.8 Å². The van der Waals surface area contributed by atoms with E-state index in [0.29, 0.717) is 42.0 Å². The summed E-state index contributed by atoms with van der Waals surface area (Å²) in [6.45, 7) is 1.51. The van der Waals surface area contributed by atoms with Crippen molar-refractivity contribution in [2.24, 2.45) is 0 Å². The van der Waals surface area contributed by atoms with Crippen molar-refractivity contribution in [2.45, 2.75) is 57.8 Å². The number of aromatic nitrogens is 2. The highest BCUT2D eigenvalue weighted by molar-refractivity contribution is 5.76. The first-order chi connectivity index (χ1) is 14.2. The van der Waals surface area contributed by atoms with Gasteiger partial charge < -0.3 is 14.8 Å². The van der Waals surface area contributed by atoms with Crippen LogP contribution in [0.2, 0.25) is 0 Å². The molecular formula is C21H26F3N3O3. The molecule has 1 aliphatic rings. The second-order valence-corrected chi connectivity index (χ2v) is 7.39. The third kappa shape index (κ3) is 4.71. The first-order valence-corrected chi connectivity index (χ1v) is 9.91. The van der Waals surface area contributed by atoms with E-state index in [1.165, 1.54) is 18.9 Å². The fourth-order valence-corrected chi connectivity index (χ4v) is 3.88. The Morgan fingerprint density at radius 3 is 2.60 bits per heavy atom. The maximum Gasteiger partial charge on any atom is 0.435 e. The van der Waals surface area contributed by atoms with Crippen LogP contribution in [-0.4, -0.2) is 29.9 Å². The van der Waals surface area contributed by atoms with Gasteiger partial charge in [0.15, 0.2) is 5.69 Å². The molecule has 0 radical (unpaired) electrons. The van der Waals surface area contributed by atoms with Gasteiger partial charge in [-0.2, -0.15) is 18.3 Å². The fourth-order valence-electron chi connectivity index (χ4n) is 3.88. The summed E-state index contributed by atoms with van der Waals surface area (Å²) in [7, 11) is 3.06. The smallest absolute Gasteiger partial charge is 0.435 e. The van der Waals surface area contributed by atoms with Crippen molar-refractivity contribution >= 4 is 5.91 Å². The molecule has 0 bridgehead atoms. The van der Waals surface area contributed by atoms with Gasteiger partial charge in [-0.3, -0.25) is 9.48 Å². The summed E-state index contributed by atoms with van der Waals surface area (Å²) in [4.78, 5) is 12.7. The van der Waals surface area contributed by atoms with Gasteiger partial charge in [0.05, 0.1) is 20.3 Å². The van der Waals surface area contributed by atoms with Gasteiger partial charge in [-0.25, -0.2) is 0 Å². The van der Waals surface area contributed by atoms with E-state index >= 15 is 0 Å². The number of ether oxygens (including phenoxy) is 2. The highest BCUT2D eigenvalue weighted by Crippen LogP contribution is 2.35. The van der Waals surface area contributed by atoms with Gasteiger partial charge in [-0.1, -0.05) is 6.42 Å². The predicted octanol–water partition coefficient (Wildman–Crippen LogP) is 4.07. The minimum atomic E-state index is -4.53. The zero-order valence-electron chi connectivity index (χ0n) is 17.3. The number of rotatable bonds is 6. The Bertz CT molecular complexity index is 909. The van der Waals surface area contributed by atoms with Crippen LogP contribution in [0.5, 0.6) is 11.5 Å². The summed E-state index contributed by atoms with van der Waals surface area (Å²) in [6, 6.07) is 4.80. The molecule has 0 fully saturated rings. The molecule has 3 rings (SSSR count). The van der Waals surface area contributed by atoms with Gasteiger partial charge in [0.2, 0.25) is 5.91 Å². The fraction of sp³-hybridized carbons (Fsp3) is 0.524. The number of nitrogens with one attached hydrogen (secondary N) is 1. The second-order valence-electron chi connectivity index (χ2n) is 7.39. The SMILES string of the molecule is COc1ccc(OC)c(C(C)NC(=O)Cn2nc(C(F)(F)F)c3c2CCCCC3)c1. The third-order valence-electron chi connectivity index (χ3n) is 5.35. The predicted molar refractivity (Wildman–Crippen MR) is 105 cm³/mol. The van der Waals surface area contributed by atoms with Gasteiger partial charge in [0, 0.05) is 16.8 Å². The molecule has 1 amide bonds. The lowest BCUT2D eigenvalue weighted by atomic mass is 10.1. The number of alkyl halides is 3. The van der Waals surface area contributed by atoms with Gasteiger partial charge >= 0.3 is 6.18 Å². The van der Waals surface area contributed by atoms with Crippen LogP contribution in [-0.2, 0) is 30.4 Å². The van der Waals surface area contributed by atoms with Crippen molar-refractivity contribution in [3.05, 3.63) is 40.7 Å². The van der Waals surface area contributed by atoms with Gasteiger partial charge in [-0.15, -0.1) is 0 Å². The topological polar surface area (TPSA) is 65.4 Å². The van der Waals surface area contributed by atoms with Crippen molar-refractivity contribution in [3.8, 4) is 11.5 Å². The molecular weight excluding hydrogens is 399 g/mol. The summed E-state index contributed by atoms with van der Waals surface area (Å²) in [5.74, 6) is 0.769. The number of benzene rings is 1. The molecule has 30 heavy (non-hydrogen) atoms. The Kier molecular flexibility index (Phi) is 6.58. The van der Waals surface area contributed by atoms with Crippen LogP contribution >= 0.6 is 0 Å². The van der Waals surface area contributed by atoms with Gasteiger partial charge in [0.1, 0.15) is 18.0 Å². The van der Waals surface area contributed by atoms with Crippen LogP contribution < -0.4 is 14.8 Å². The number of nitrogens with zero attached hydrogens (tertiary/aromatic N) is 2. The van der Waals surface area contributed by atoms with Crippen LogP contribution in [0.15, 0.2) is 18.2 Å². The van der Waals surface area contributed by atoms with Crippen molar-refractivity contribution in [2.75, 3.05) is 14.2 Å². The van der Waals surface area contributed by atoms with Crippen LogP contribution in [0, 0.1) is 0 Å². The zero-order valence-corrected chi connectivity index (χ0v) is 17.3. The molecule has 1 N–H and O–H groups in total. The summed E-state index contributed by atoms with van der Waals surface area (Å²) >= 11 is 0. The Morgan fingerprint density at radius 1 is 1.20 bits per heavy atom. The van der Waals surface area contributed by atoms with E-state index in [1.807, 2.05) is 0 Å². The molecule has 1 heterocycles. The summed E-state index contributed by atoms with van der Waals surface area (Å²) < 4.78 is 52.1. The van der Waals surface area contributed by atoms with E-state index in [-0.39, 0.29) is 12.1 Å². The number of halogens is 3. The quantitative estimate of drug-likeness (QED) is 0.709. The van der Waals surface area contributed by atoms with E-state index in [4.69, 9.17) is 9.47 Å². The number of carbonyl (C=O) groups is 1. The third-order valence-corrected chi connectivity index (χ3v) is 5.35. The molecule has 0 saturated carbocycles. The highest BCUT2D eigenvalue weighted by Gasteiger charge is 2.39. The first kappa shape index (κ1) is 22.0. The molecule has 1 aromatic carbocycles. The van der Waals surface area contributed by atoms with Crippen LogP contribution in [0.4, 0.5) is 13.2 Å². The number of carbonyl (C=O) groups excluding carboxylic acids is 1. The number of amides is 1. The highest BCUT2D eigenvalue weighted by atomic mass is 19.4. The molecule has 0 aliphatic heterocycles. The number of methoxy groups -OCH3 is 2. The molecule has 0 saturated heterocycles. The van der Waals surface area contributed by atoms with E-state index in [1.54, 1.807) is 25.1 Å². The summed E-state index contributed by atoms with van der Waals surface area (Å²) in [5, 5.41) is 6.60. The molecule has 2 aromatic rings. The monoisotopic (exact) mass is 425 g/mol. The zero-order chi connectivity index (χ0) is 21.9. The van der Waals surface area contributed by atoms with E-state index < -0.39 is 23.8 Å². The summed E-state index contributed by atoms with van der Waals surface area (Å²) in [5.41, 5.74) is 0.590. The Hall–Kier alpha value is -2.71. The lowest BCUT2D eigenvalue weighted by molar-refractivity contribution is -0.142. The van der Waals surface area contributed by atoms with Crippen LogP contribution in [0.25, 0.3) is 0 Å². The van der Waals surface area contributed by atoms with Crippen molar-refractivity contribution in [1.82, 2.24) is 15.1 Å². The number of hydrogen-bond acceptors (Lipinski definition) is 4. The van der Waals surface area contributed by atoms with Crippen molar-refractivity contribution in [3.63, 3.8) is 0 Å². The Labute approximate surface area is 173 Å². The van der Waals surface area contributed by atoms with E-state index in [2.05, 4.69) is 10.4 Å². The minimum absolute atomic E-state index is 0.232. The standard InChI is InChI=1S/C21H26F3N3O3/c1-13(16-11-14(29-2)9-10-18(16)30-3)25-19(28)12-27-17-8-6-4-5-7-15(17)20(26-27)21(22,23)24/h9-11,13H,4-8,12H2,1-3H3,(H,25,28). The maximum absolute atomic E-state index is 13.4. The lowest BCUT2D eigenvalue weighted by Crippen LogP contribution is -2.31. The minimum Gasteiger partial charge on any atom is -0.497 e. The van der Waals surface area contributed by atoms with Crippen molar-refractivity contribution < 1.29 is 27.4 Å². The lowest BCUT2D eigenvalue weighted by Gasteiger charge is -2.18. The number of fused-ring (bicyclic) bond motifs is 1. The molecule has 1 unspecified atom stereocenters. The molecule has 9 heteroatoms. The average molecular weight is 425 g/mol. The van der Waals surface area contributed by atoms with Crippen molar-refractivity contribution in [1.29, 1.82) is 0 Å². The Morgan fingerprint density at radius 2 is 1.93 bits per heavy atom. The molecule has 1 aromatic heterocycles. The molecule has 1 atom stereocenters. The maximum atomic E-state index is 13.4. The molecule has 164 valence electrons. The van der Waals surface area contributed by atoms with Crippen LogP contribution in [0.1, 0.15) is 54.7 Å². The summed E-state index contributed by atoms with van der Waals surface area (Å²) in [6.07, 6.45) is -1.36. The van der Waals surface area contributed by atoms with Gasteiger partial charge in [0.25, 0.3) is 0 Å². The molecule has 6 nitrogen and oxygen atoms in total. The van der Waals surface area contributed by atoms with Gasteiger partial charge in [-0.05, 0) is 50.8 Å². The average Bonchev–Trinajstić information content (AvgIpc) is 2.88. The first-order valence-electron chi connectivity index (χ1n) is 9.91. The van der Waals surface area contributed by atoms with E-state index in [9.17, 15) is 18.0 Å². The Balaban J connectivity index is 1.81. The second kappa shape index (κ2) is 8.97. The number of hydrogen-bond donors (Lipinski definition) is 1. The largest absolute Gasteiger partial charge is 0.497 e. The molecule has 0 spiro atoms.